The summed E-state index contributed by atoms with van der Waals surface area (Å²) in [6.45, 7) is 4.30. The molecule has 2 atom stereocenters. The summed E-state index contributed by atoms with van der Waals surface area (Å²) >= 11 is 2.99. The van der Waals surface area contributed by atoms with Gasteiger partial charge in [-0.05, 0) is 29.8 Å². The van der Waals surface area contributed by atoms with Crippen LogP contribution < -0.4 is 5.32 Å². The first-order valence-corrected chi connectivity index (χ1v) is 5.70. The van der Waals surface area contributed by atoms with Gasteiger partial charge in [-0.3, -0.25) is 0 Å². The van der Waals surface area contributed by atoms with Crippen LogP contribution >= 0.6 is 15.9 Å². The Labute approximate surface area is 99.2 Å². The van der Waals surface area contributed by atoms with Crippen LogP contribution in [0.3, 0.4) is 0 Å². The molecule has 0 amide bonds. The maximum Gasteiger partial charge on any atom is 0.436 e. The number of imidazole rings is 1. The molecule has 1 N–H and O–H groups in total. The summed E-state index contributed by atoms with van der Waals surface area (Å²) in [5.74, 6) is 0.429. The maximum atomic E-state index is 12.7. The normalized spacial score (nSPS) is 25.6. The van der Waals surface area contributed by atoms with Crippen LogP contribution in [0.1, 0.15) is 37.4 Å². The zero-order valence-electron chi connectivity index (χ0n) is 8.77. The summed E-state index contributed by atoms with van der Waals surface area (Å²) in [5.41, 5.74) is -0.843. The van der Waals surface area contributed by atoms with Crippen LogP contribution in [-0.4, -0.2) is 16.1 Å². The van der Waals surface area contributed by atoms with Gasteiger partial charge in [-0.1, -0.05) is 0 Å². The average molecular weight is 298 g/mol. The van der Waals surface area contributed by atoms with Gasteiger partial charge < -0.3 is 9.88 Å². The Morgan fingerprint density at radius 3 is 2.56 bits per heavy atom. The van der Waals surface area contributed by atoms with E-state index in [-0.39, 0.29) is 16.7 Å². The summed E-state index contributed by atoms with van der Waals surface area (Å²) < 4.78 is 39.6. The topological polar surface area (TPSA) is 29.9 Å². The van der Waals surface area contributed by atoms with Crippen LogP contribution in [0.5, 0.6) is 0 Å². The lowest BCUT2D eigenvalue weighted by Crippen LogP contribution is -2.34. The van der Waals surface area contributed by atoms with E-state index in [9.17, 15) is 13.2 Å². The predicted molar refractivity (Wildman–Crippen MR) is 56.1 cm³/mol. The van der Waals surface area contributed by atoms with E-state index in [0.29, 0.717) is 12.4 Å². The second-order valence-electron chi connectivity index (χ2n) is 3.96. The third kappa shape index (κ3) is 1.75. The zero-order valence-corrected chi connectivity index (χ0v) is 10.4. The Hall–Kier alpha value is -0.560. The summed E-state index contributed by atoms with van der Waals surface area (Å²) in [7, 11) is 0. The highest BCUT2D eigenvalue weighted by molar-refractivity contribution is 9.10. The summed E-state index contributed by atoms with van der Waals surface area (Å²) in [6.07, 6.45) is -4.41. The van der Waals surface area contributed by atoms with Gasteiger partial charge in [0, 0.05) is 12.6 Å². The van der Waals surface area contributed by atoms with E-state index in [2.05, 4.69) is 26.2 Å². The quantitative estimate of drug-likeness (QED) is 0.798. The van der Waals surface area contributed by atoms with Crippen LogP contribution in [0.25, 0.3) is 0 Å². The van der Waals surface area contributed by atoms with Crippen molar-refractivity contribution >= 4 is 15.9 Å². The maximum absolute atomic E-state index is 12.7. The molecule has 0 saturated heterocycles. The summed E-state index contributed by atoms with van der Waals surface area (Å²) in [5, 5.41) is 3.11. The zero-order chi connectivity index (χ0) is 12.1. The first-order chi connectivity index (χ1) is 7.32. The molecule has 1 aromatic heterocycles. The lowest BCUT2D eigenvalue weighted by Gasteiger charge is -2.28. The van der Waals surface area contributed by atoms with Gasteiger partial charge in [0.05, 0.1) is 6.04 Å². The second-order valence-corrected chi connectivity index (χ2v) is 4.71. The number of hydrogen-bond donors (Lipinski definition) is 1. The molecule has 0 bridgehead atoms. The fourth-order valence-electron chi connectivity index (χ4n) is 1.86. The Balaban J connectivity index is 2.58. The first-order valence-electron chi connectivity index (χ1n) is 4.90. The molecule has 2 heterocycles. The molecule has 0 radical (unpaired) electrons. The molecule has 16 heavy (non-hydrogen) atoms. The number of nitrogens with one attached hydrogen (secondary N) is 1. The van der Waals surface area contributed by atoms with Crippen molar-refractivity contribution in [3.8, 4) is 0 Å². The lowest BCUT2D eigenvalue weighted by atomic mass is 10.2. The van der Waals surface area contributed by atoms with Crippen molar-refractivity contribution in [3.63, 3.8) is 0 Å². The van der Waals surface area contributed by atoms with Gasteiger partial charge in [0.15, 0.2) is 5.69 Å². The monoisotopic (exact) mass is 297 g/mol. The number of aromatic nitrogens is 2. The first kappa shape index (κ1) is 11.9. The molecule has 3 nitrogen and oxygen atoms in total. The fraction of sp³-hybridized carbons (Fsp3) is 0.667. The van der Waals surface area contributed by atoms with Gasteiger partial charge in [-0.25, -0.2) is 4.98 Å². The van der Waals surface area contributed by atoms with Crippen molar-refractivity contribution in [2.45, 2.75) is 32.1 Å². The van der Waals surface area contributed by atoms with Gasteiger partial charge in [-0.15, -0.1) is 0 Å². The Morgan fingerprint density at radius 1 is 1.44 bits per heavy atom. The Morgan fingerprint density at radius 2 is 2.06 bits per heavy atom. The van der Waals surface area contributed by atoms with Crippen LogP contribution in [-0.2, 0) is 6.18 Å². The van der Waals surface area contributed by atoms with Crippen molar-refractivity contribution in [3.05, 3.63) is 16.1 Å². The number of fused-ring (bicyclic) bond motifs is 1. The van der Waals surface area contributed by atoms with Crippen LogP contribution in [0.4, 0.5) is 13.2 Å². The molecule has 0 saturated carbocycles. The minimum Gasteiger partial charge on any atom is -0.317 e. The summed E-state index contributed by atoms with van der Waals surface area (Å²) in [6, 6.07) is -0.201. The molecule has 1 aliphatic rings. The van der Waals surface area contributed by atoms with Gasteiger partial charge in [-0.2, -0.15) is 13.2 Å². The average Bonchev–Trinajstić information content (AvgIpc) is 2.51. The molecule has 0 fully saturated rings. The number of alkyl halides is 3. The SMILES string of the molecule is CC1NCC(C)n2c1nc(C(F)(F)F)c2Br. The van der Waals surface area contributed by atoms with Gasteiger partial charge >= 0.3 is 6.18 Å². The third-order valence-electron chi connectivity index (χ3n) is 2.70. The van der Waals surface area contributed by atoms with Crippen LogP contribution in [0.15, 0.2) is 4.60 Å². The second kappa shape index (κ2) is 3.73. The largest absolute Gasteiger partial charge is 0.436 e. The van der Waals surface area contributed by atoms with Crippen molar-refractivity contribution in [2.24, 2.45) is 0 Å². The highest BCUT2D eigenvalue weighted by Gasteiger charge is 2.40. The molecule has 0 aliphatic carbocycles. The van der Waals surface area contributed by atoms with Crippen LogP contribution in [0, 0.1) is 0 Å². The van der Waals surface area contributed by atoms with Gasteiger partial charge in [0.2, 0.25) is 0 Å². The number of rotatable bonds is 0. The molecule has 0 spiro atoms. The van der Waals surface area contributed by atoms with Gasteiger partial charge in [0.1, 0.15) is 10.4 Å². The molecule has 1 aromatic rings. The van der Waals surface area contributed by atoms with Gasteiger partial charge in [0.25, 0.3) is 0 Å². The fourth-order valence-corrected chi connectivity index (χ4v) is 2.71. The van der Waals surface area contributed by atoms with Crippen molar-refractivity contribution in [1.82, 2.24) is 14.9 Å². The molecule has 1 aliphatic heterocycles. The molecule has 0 aromatic carbocycles. The Kier molecular flexibility index (Phi) is 2.78. The van der Waals surface area contributed by atoms with E-state index in [0.717, 1.165) is 0 Å². The van der Waals surface area contributed by atoms with Crippen molar-refractivity contribution < 1.29 is 13.2 Å². The molecule has 2 unspecified atom stereocenters. The van der Waals surface area contributed by atoms with E-state index < -0.39 is 11.9 Å². The molecule has 7 heteroatoms. The standard InChI is InChI=1S/C9H11BrF3N3/c1-4-3-14-5(2)8-15-6(9(11,12)13)7(10)16(4)8/h4-5,14H,3H2,1-2H3. The number of halogens is 4. The smallest absolute Gasteiger partial charge is 0.317 e. The molecule has 90 valence electrons. The van der Waals surface area contributed by atoms with E-state index in [4.69, 9.17) is 0 Å². The minimum atomic E-state index is -4.41. The highest BCUT2D eigenvalue weighted by atomic mass is 79.9. The predicted octanol–water partition coefficient (Wildman–Crippen LogP) is 2.89. The van der Waals surface area contributed by atoms with E-state index >= 15 is 0 Å². The van der Waals surface area contributed by atoms with E-state index in [1.54, 1.807) is 11.5 Å². The number of nitrogens with zero attached hydrogens (tertiary/aromatic N) is 2. The van der Waals surface area contributed by atoms with Crippen LogP contribution in [0.2, 0.25) is 0 Å². The Bertz CT molecular complexity index is 413. The highest BCUT2D eigenvalue weighted by Crippen LogP contribution is 2.38. The van der Waals surface area contributed by atoms with E-state index in [1.807, 2.05) is 6.92 Å². The van der Waals surface area contributed by atoms with Crippen molar-refractivity contribution in [1.29, 1.82) is 0 Å². The van der Waals surface area contributed by atoms with Crippen molar-refractivity contribution in [2.75, 3.05) is 6.54 Å². The minimum absolute atomic E-state index is 0.0239. The molecule has 2 rings (SSSR count). The summed E-state index contributed by atoms with van der Waals surface area (Å²) in [4.78, 5) is 3.68. The molecular weight excluding hydrogens is 287 g/mol. The lowest BCUT2D eigenvalue weighted by molar-refractivity contribution is -0.141. The number of hydrogen-bond acceptors (Lipinski definition) is 2. The van der Waals surface area contributed by atoms with E-state index in [1.165, 1.54) is 0 Å². The third-order valence-corrected chi connectivity index (χ3v) is 3.45. The molecular formula is C9H11BrF3N3.